The molecule has 2 rings (SSSR count). The Labute approximate surface area is 196 Å². The topological polar surface area (TPSA) is 67.9 Å². The zero-order valence-electron chi connectivity index (χ0n) is 19.9. The molecule has 2 aromatic rings. The molecule has 2 aromatic carbocycles. The normalized spacial score (nSPS) is 10.4. The van der Waals surface area contributed by atoms with Crippen molar-refractivity contribution in [3.8, 4) is 0 Å². The van der Waals surface area contributed by atoms with Crippen molar-refractivity contribution in [1.82, 2.24) is 0 Å². The number of anilines is 2. The maximum Gasteiger partial charge on any atom is 0.411 e. The second kappa shape index (κ2) is 14.5. The monoisotopic (exact) mass is 462 g/mol. The molecular weight excluding hydrogens is 428 g/mol. The first kappa shape index (κ1) is 27.5. The second-order valence-corrected chi connectivity index (χ2v) is 7.95. The van der Waals surface area contributed by atoms with E-state index in [1.165, 1.54) is 0 Å². The number of rotatable bonds is 8. The smallest absolute Gasteiger partial charge is 0.411 e. The van der Waals surface area contributed by atoms with Gasteiger partial charge in [-0.05, 0) is 64.3 Å². The van der Waals surface area contributed by atoms with Crippen molar-refractivity contribution in [3.63, 3.8) is 0 Å². The highest BCUT2D eigenvalue weighted by Crippen LogP contribution is 2.26. The van der Waals surface area contributed by atoms with E-state index >= 15 is 0 Å². The number of alkyl halides is 1. The van der Waals surface area contributed by atoms with Crippen molar-refractivity contribution in [2.45, 2.75) is 60.2 Å². The highest BCUT2D eigenvalue weighted by molar-refractivity contribution is 6.29. The first-order chi connectivity index (χ1) is 15.2. The molecule has 0 atom stereocenters. The first-order valence-electron chi connectivity index (χ1n) is 10.8. The predicted molar refractivity (Wildman–Crippen MR) is 132 cm³/mol. The Morgan fingerprint density at radius 1 is 1.00 bits per heavy atom. The Kier molecular flexibility index (Phi) is 12.4. The molecule has 0 aliphatic heterocycles. The van der Waals surface area contributed by atoms with Crippen LogP contribution in [-0.4, -0.2) is 36.8 Å². The standard InChI is InChI=1S/C15H22ClNO2.C10H13NO2/c1-5-13-8-6-7-12(4)15(13)17(14(18)9-16)10-19-11(2)3;1-8(2)13-10(12)11-9-6-4-3-5-7-9/h6-8,11H,5,9-10H2,1-4H3;3-8H,1-2H3,(H,11,12). The van der Waals surface area contributed by atoms with Crippen LogP contribution < -0.4 is 10.2 Å². The lowest BCUT2D eigenvalue weighted by atomic mass is 10.0. The average Bonchev–Trinajstić information content (AvgIpc) is 2.74. The molecule has 0 fully saturated rings. The maximum atomic E-state index is 12.1. The summed E-state index contributed by atoms with van der Waals surface area (Å²) in [7, 11) is 0. The molecule has 176 valence electrons. The molecule has 32 heavy (non-hydrogen) atoms. The summed E-state index contributed by atoms with van der Waals surface area (Å²) in [6.45, 7) is 11.8. The molecule has 0 aliphatic rings. The van der Waals surface area contributed by atoms with E-state index in [0.717, 1.165) is 28.9 Å². The third-order valence-corrected chi connectivity index (χ3v) is 4.52. The van der Waals surface area contributed by atoms with E-state index in [4.69, 9.17) is 21.1 Å². The van der Waals surface area contributed by atoms with Gasteiger partial charge in [0.25, 0.3) is 0 Å². The summed E-state index contributed by atoms with van der Waals surface area (Å²) in [4.78, 5) is 24.8. The minimum absolute atomic E-state index is 0.0427. The molecule has 0 unspecified atom stereocenters. The molecule has 7 heteroatoms. The van der Waals surface area contributed by atoms with E-state index in [2.05, 4.69) is 12.2 Å². The van der Waals surface area contributed by atoms with E-state index in [1.807, 2.05) is 83.1 Å². The number of halogens is 1. The number of amides is 2. The van der Waals surface area contributed by atoms with Gasteiger partial charge in [-0.25, -0.2) is 4.79 Å². The van der Waals surface area contributed by atoms with Gasteiger partial charge in [-0.3, -0.25) is 15.0 Å². The lowest BCUT2D eigenvalue weighted by Gasteiger charge is -2.27. The summed E-state index contributed by atoms with van der Waals surface area (Å²) < 4.78 is 10.5. The molecule has 6 nitrogen and oxygen atoms in total. The number of para-hydroxylation sites is 2. The van der Waals surface area contributed by atoms with Crippen molar-refractivity contribution in [3.05, 3.63) is 59.7 Å². The van der Waals surface area contributed by atoms with E-state index in [1.54, 1.807) is 4.90 Å². The van der Waals surface area contributed by atoms with E-state index in [9.17, 15) is 9.59 Å². The number of carbonyl (C=O) groups is 2. The third-order valence-electron chi connectivity index (χ3n) is 4.29. The van der Waals surface area contributed by atoms with Crippen LogP contribution in [0.5, 0.6) is 0 Å². The largest absolute Gasteiger partial charge is 0.447 e. The first-order valence-corrected chi connectivity index (χ1v) is 11.3. The fourth-order valence-corrected chi connectivity index (χ4v) is 2.98. The summed E-state index contributed by atoms with van der Waals surface area (Å²) in [5, 5.41) is 2.61. The molecular formula is C25H35ClN2O4. The molecule has 0 saturated heterocycles. The highest BCUT2D eigenvalue weighted by Gasteiger charge is 2.19. The van der Waals surface area contributed by atoms with Crippen molar-refractivity contribution in [1.29, 1.82) is 0 Å². The van der Waals surface area contributed by atoms with Crippen molar-refractivity contribution >= 4 is 35.0 Å². The highest BCUT2D eigenvalue weighted by atomic mass is 35.5. The zero-order valence-corrected chi connectivity index (χ0v) is 20.6. The fraction of sp³-hybridized carbons (Fsp3) is 0.440. The van der Waals surface area contributed by atoms with Gasteiger partial charge in [0, 0.05) is 5.69 Å². The minimum atomic E-state index is -0.416. The summed E-state index contributed by atoms with van der Waals surface area (Å²) in [6.07, 6.45) is 0.426. The summed E-state index contributed by atoms with van der Waals surface area (Å²) in [5.74, 6) is -0.176. The second-order valence-electron chi connectivity index (χ2n) is 7.68. The summed E-state index contributed by atoms with van der Waals surface area (Å²) >= 11 is 5.71. The van der Waals surface area contributed by atoms with Gasteiger partial charge in [0.05, 0.1) is 17.9 Å². The molecule has 0 heterocycles. The Bertz CT molecular complexity index is 841. The number of ether oxygens (including phenoxy) is 2. The van der Waals surface area contributed by atoms with Crippen molar-refractivity contribution in [2.75, 3.05) is 22.8 Å². The number of nitrogens with one attached hydrogen (secondary N) is 1. The molecule has 0 saturated carbocycles. The quantitative estimate of drug-likeness (QED) is 0.377. The van der Waals surface area contributed by atoms with Crippen LogP contribution in [0.3, 0.4) is 0 Å². The molecule has 1 N–H and O–H groups in total. The number of hydrogen-bond donors (Lipinski definition) is 1. The van der Waals surface area contributed by atoms with Crippen LogP contribution in [0, 0.1) is 6.92 Å². The Morgan fingerprint density at radius 2 is 1.66 bits per heavy atom. The molecule has 0 radical (unpaired) electrons. The van der Waals surface area contributed by atoms with Gasteiger partial charge in [-0.1, -0.05) is 43.3 Å². The SMILES string of the molecule is CC(C)OC(=O)Nc1ccccc1.CCc1cccc(C)c1N(COC(C)C)C(=O)CCl. The van der Waals surface area contributed by atoms with E-state index in [0.29, 0.717) is 0 Å². The van der Waals surface area contributed by atoms with Crippen LogP contribution in [0.25, 0.3) is 0 Å². The van der Waals surface area contributed by atoms with Gasteiger partial charge in [0.1, 0.15) is 12.6 Å². The number of nitrogens with zero attached hydrogens (tertiary/aromatic N) is 1. The van der Waals surface area contributed by atoms with Crippen LogP contribution >= 0.6 is 11.6 Å². The van der Waals surface area contributed by atoms with E-state index in [-0.39, 0.29) is 30.7 Å². The van der Waals surface area contributed by atoms with Crippen LogP contribution in [0.2, 0.25) is 0 Å². The number of carbonyl (C=O) groups excluding carboxylic acids is 2. The van der Waals surface area contributed by atoms with Gasteiger partial charge in [0.2, 0.25) is 5.91 Å². The average molecular weight is 463 g/mol. The van der Waals surface area contributed by atoms with Crippen molar-refractivity contribution in [2.24, 2.45) is 0 Å². The van der Waals surface area contributed by atoms with Gasteiger partial charge in [-0.15, -0.1) is 11.6 Å². The predicted octanol–water partition coefficient (Wildman–Crippen LogP) is 6.16. The molecule has 0 aromatic heterocycles. The van der Waals surface area contributed by atoms with Crippen molar-refractivity contribution < 1.29 is 19.1 Å². The van der Waals surface area contributed by atoms with E-state index < -0.39 is 6.09 Å². The Balaban J connectivity index is 0.000000343. The molecule has 0 aliphatic carbocycles. The van der Waals surface area contributed by atoms with Crippen LogP contribution in [0.4, 0.5) is 16.2 Å². The maximum absolute atomic E-state index is 12.1. The van der Waals surface area contributed by atoms with Crippen LogP contribution in [-0.2, 0) is 20.7 Å². The third kappa shape index (κ3) is 9.71. The Hall–Kier alpha value is -2.57. The van der Waals surface area contributed by atoms with Crippen LogP contribution in [0.15, 0.2) is 48.5 Å². The number of aryl methyl sites for hydroxylation is 2. The van der Waals surface area contributed by atoms with Crippen LogP contribution in [0.1, 0.15) is 45.7 Å². The lowest BCUT2D eigenvalue weighted by molar-refractivity contribution is -0.117. The van der Waals surface area contributed by atoms with Gasteiger partial charge in [0.15, 0.2) is 0 Å². The zero-order chi connectivity index (χ0) is 24.1. The minimum Gasteiger partial charge on any atom is -0.447 e. The van der Waals surface area contributed by atoms with Gasteiger partial charge in [-0.2, -0.15) is 0 Å². The number of benzene rings is 2. The molecule has 0 spiro atoms. The summed E-state index contributed by atoms with van der Waals surface area (Å²) in [5.41, 5.74) is 3.86. The van der Waals surface area contributed by atoms with Gasteiger partial charge >= 0.3 is 6.09 Å². The molecule has 2 amide bonds. The lowest BCUT2D eigenvalue weighted by Crippen LogP contribution is -2.36. The van der Waals surface area contributed by atoms with Gasteiger partial charge < -0.3 is 9.47 Å². The summed E-state index contributed by atoms with van der Waals surface area (Å²) in [6, 6.07) is 15.2. The number of hydrogen-bond acceptors (Lipinski definition) is 4. The molecule has 0 bridgehead atoms. The fourth-order valence-electron chi connectivity index (χ4n) is 2.83. The Morgan fingerprint density at radius 3 is 2.19 bits per heavy atom.